The Hall–Kier alpha value is -0.260. The predicted octanol–water partition coefficient (Wildman–Crippen LogP) is 6.35. The minimum atomic E-state index is 1.15. The number of nitrogens with zero attached hydrogens (tertiary/aromatic N) is 1. The molecular weight excluding hydrogens is 425 g/mol. The second-order valence-corrected chi connectivity index (χ2v) is 9.17. The van der Waals surface area contributed by atoms with Crippen molar-refractivity contribution >= 4 is 34.4 Å². The zero-order valence-electron chi connectivity index (χ0n) is 15.7. The Kier molecular flexibility index (Phi) is 11.0. The SMILES string of the molecule is CC(C)=CC[N+](CC=C(C)C)(CCCI)CCSc1ccccc1. The summed E-state index contributed by atoms with van der Waals surface area (Å²) < 4.78 is 2.42. The lowest BCUT2D eigenvalue weighted by Gasteiger charge is -2.37. The van der Waals surface area contributed by atoms with Crippen molar-refractivity contribution in [1.29, 1.82) is 0 Å². The number of benzene rings is 1. The molecule has 0 spiro atoms. The maximum Gasteiger partial charge on any atom is 0.0978 e. The largest absolute Gasteiger partial charge is 0.316 e. The van der Waals surface area contributed by atoms with E-state index in [0.29, 0.717) is 0 Å². The van der Waals surface area contributed by atoms with Gasteiger partial charge in [0.1, 0.15) is 0 Å². The zero-order chi connectivity index (χ0) is 17.8. The van der Waals surface area contributed by atoms with Gasteiger partial charge in [-0.2, -0.15) is 0 Å². The van der Waals surface area contributed by atoms with Gasteiger partial charge in [-0.25, -0.2) is 0 Å². The summed E-state index contributed by atoms with van der Waals surface area (Å²) in [4.78, 5) is 1.38. The first kappa shape index (κ1) is 21.8. The Labute approximate surface area is 167 Å². The van der Waals surface area contributed by atoms with Crippen LogP contribution in [0.15, 0.2) is 58.5 Å². The van der Waals surface area contributed by atoms with Crippen LogP contribution < -0.4 is 0 Å². The van der Waals surface area contributed by atoms with Gasteiger partial charge in [0.05, 0.1) is 26.2 Å². The fourth-order valence-corrected chi connectivity index (χ4v) is 3.98. The lowest BCUT2D eigenvalue weighted by atomic mass is 10.2. The second-order valence-electron chi connectivity index (χ2n) is 6.92. The van der Waals surface area contributed by atoms with Crippen LogP contribution in [-0.4, -0.2) is 40.8 Å². The molecule has 0 aliphatic carbocycles. The van der Waals surface area contributed by atoms with Gasteiger partial charge in [0.2, 0.25) is 0 Å². The molecule has 3 heteroatoms. The van der Waals surface area contributed by atoms with Crippen molar-refractivity contribution in [3.05, 3.63) is 53.6 Å². The molecule has 24 heavy (non-hydrogen) atoms. The molecule has 0 saturated carbocycles. The summed E-state index contributed by atoms with van der Waals surface area (Å²) >= 11 is 4.50. The summed E-state index contributed by atoms with van der Waals surface area (Å²) in [7, 11) is 0. The maximum absolute atomic E-state index is 2.51. The molecule has 0 amide bonds. The van der Waals surface area contributed by atoms with Gasteiger partial charge in [-0.15, -0.1) is 11.8 Å². The van der Waals surface area contributed by atoms with E-state index in [0.717, 1.165) is 13.1 Å². The van der Waals surface area contributed by atoms with E-state index < -0.39 is 0 Å². The molecule has 0 aliphatic rings. The highest BCUT2D eigenvalue weighted by Gasteiger charge is 2.24. The van der Waals surface area contributed by atoms with Crippen molar-refractivity contribution in [3.63, 3.8) is 0 Å². The first-order valence-electron chi connectivity index (χ1n) is 8.83. The minimum Gasteiger partial charge on any atom is -0.316 e. The van der Waals surface area contributed by atoms with Gasteiger partial charge < -0.3 is 4.48 Å². The normalized spacial score (nSPS) is 11.2. The van der Waals surface area contributed by atoms with E-state index in [1.807, 2.05) is 11.8 Å². The topological polar surface area (TPSA) is 0 Å². The quantitative estimate of drug-likeness (QED) is 0.122. The predicted molar refractivity (Wildman–Crippen MR) is 119 cm³/mol. The van der Waals surface area contributed by atoms with Crippen LogP contribution >= 0.6 is 34.4 Å². The smallest absolute Gasteiger partial charge is 0.0978 e. The molecule has 1 aromatic rings. The number of hydrogen-bond acceptors (Lipinski definition) is 1. The average molecular weight is 458 g/mol. The third-order valence-electron chi connectivity index (χ3n) is 4.12. The molecule has 0 aliphatic heterocycles. The number of hydrogen-bond donors (Lipinski definition) is 0. The summed E-state index contributed by atoms with van der Waals surface area (Å²) in [6, 6.07) is 10.8. The first-order valence-corrected chi connectivity index (χ1v) is 11.3. The average Bonchev–Trinajstić information content (AvgIpc) is 2.56. The molecule has 0 aromatic heterocycles. The van der Waals surface area contributed by atoms with Gasteiger partial charge in [-0.3, -0.25) is 0 Å². The summed E-state index contributed by atoms with van der Waals surface area (Å²) in [5.41, 5.74) is 2.86. The first-order chi connectivity index (χ1) is 11.5. The molecular formula is C21H33INS+. The summed E-state index contributed by atoms with van der Waals surface area (Å²) in [6.07, 6.45) is 6.15. The second kappa shape index (κ2) is 12.2. The molecule has 0 radical (unpaired) electrons. The fraction of sp³-hybridized carbons (Fsp3) is 0.524. The monoisotopic (exact) mass is 458 g/mol. The Bertz CT molecular complexity index is 494. The van der Waals surface area contributed by atoms with Crippen LogP contribution in [0.2, 0.25) is 0 Å². The number of quaternary nitrogens is 1. The zero-order valence-corrected chi connectivity index (χ0v) is 18.7. The van der Waals surface area contributed by atoms with Gasteiger partial charge in [-0.1, -0.05) is 51.9 Å². The molecule has 0 heterocycles. The highest BCUT2D eigenvalue weighted by Crippen LogP contribution is 2.20. The molecule has 1 nitrogen and oxygen atoms in total. The van der Waals surface area contributed by atoms with E-state index in [9.17, 15) is 0 Å². The standard InChI is InChI=1S/C21H33INS/c1-19(2)11-15-23(14-8-13-22,16-12-20(3)4)17-18-24-21-9-6-5-7-10-21/h5-7,9-12H,8,13-18H2,1-4H3/q+1. The van der Waals surface area contributed by atoms with E-state index in [2.05, 4.69) is 92.8 Å². The van der Waals surface area contributed by atoms with E-state index in [-0.39, 0.29) is 0 Å². The fourth-order valence-electron chi connectivity index (χ4n) is 2.57. The minimum absolute atomic E-state index is 1.15. The molecule has 134 valence electrons. The van der Waals surface area contributed by atoms with Crippen molar-refractivity contribution in [2.24, 2.45) is 0 Å². The Morgan fingerprint density at radius 3 is 2.04 bits per heavy atom. The summed E-state index contributed by atoms with van der Waals surface area (Å²) in [6.45, 7) is 13.7. The lowest BCUT2D eigenvalue weighted by Crippen LogP contribution is -2.50. The van der Waals surface area contributed by atoms with Crippen molar-refractivity contribution in [2.75, 3.05) is 36.4 Å². The molecule has 0 saturated heterocycles. The van der Waals surface area contributed by atoms with E-state index in [4.69, 9.17) is 0 Å². The Morgan fingerprint density at radius 2 is 1.54 bits per heavy atom. The molecule has 0 unspecified atom stereocenters. The number of alkyl halides is 1. The summed E-state index contributed by atoms with van der Waals surface area (Å²) in [5.74, 6) is 1.18. The Balaban J connectivity index is 2.81. The highest BCUT2D eigenvalue weighted by molar-refractivity contribution is 14.1. The van der Waals surface area contributed by atoms with Gasteiger partial charge in [0.25, 0.3) is 0 Å². The van der Waals surface area contributed by atoms with Gasteiger partial charge in [-0.05, 0) is 52.0 Å². The van der Waals surface area contributed by atoms with Crippen LogP contribution in [-0.2, 0) is 0 Å². The van der Waals surface area contributed by atoms with E-state index in [1.165, 1.54) is 50.2 Å². The molecule has 0 bridgehead atoms. The van der Waals surface area contributed by atoms with Crippen molar-refractivity contribution < 1.29 is 4.48 Å². The maximum atomic E-state index is 2.51. The van der Waals surface area contributed by atoms with E-state index >= 15 is 0 Å². The van der Waals surface area contributed by atoms with Gasteiger partial charge >= 0.3 is 0 Å². The van der Waals surface area contributed by atoms with E-state index in [1.54, 1.807) is 0 Å². The Morgan fingerprint density at radius 1 is 0.958 bits per heavy atom. The van der Waals surface area contributed by atoms with Crippen LogP contribution in [0.4, 0.5) is 0 Å². The molecule has 1 rings (SSSR count). The third kappa shape index (κ3) is 9.28. The summed E-state index contributed by atoms with van der Waals surface area (Å²) in [5, 5.41) is 0. The highest BCUT2D eigenvalue weighted by atomic mass is 127. The number of halogens is 1. The van der Waals surface area contributed by atoms with Crippen molar-refractivity contribution in [2.45, 2.75) is 39.0 Å². The lowest BCUT2D eigenvalue weighted by molar-refractivity contribution is -0.915. The number of rotatable bonds is 11. The van der Waals surface area contributed by atoms with Crippen LogP contribution in [0.3, 0.4) is 0 Å². The molecule has 1 aromatic carbocycles. The van der Waals surface area contributed by atoms with Crippen molar-refractivity contribution in [3.8, 4) is 0 Å². The van der Waals surface area contributed by atoms with Crippen LogP contribution in [0.25, 0.3) is 0 Å². The number of thioether (sulfide) groups is 1. The van der Waals surface area contributed by atoms with Crippen LogP contribution in [0.5, 0.6) is 0 Å². The number of allylic oxidation sites excluding steroid dienone is 2. The van der Waals surface area contributed by atoms with Gasteiger partial charge in [0, 0.05) is 21.5 Å². The molecule has 0 atom stereocenters. The van der Waals surface area contributed by atoms with Crippen LogP contribution in [0.1, 0.15) is 34.1 Å². The van der Waals surface area contributed by atoms with Gasteiger partial charge in [0.15, 0.2) is 0 Å². The molecule has 0 N–H and O–H groups in total. The molecule has 0 fully saturated rings. The van der Waals surface area contributed by atoms with Crippen LogP contribution in [0, 0.1) is 0 Å². The van der Waals surface area contributed by atoms with Crippen molar-refractivity contribution in [1.82, 2.24) is 0 Å². The third-order valence-corrected chi connectivity index (χ3v) is 5.87.